The van der Waals surface area contributed by atoms with Crippen molar-refractivity contribution in [3.8, 4) is 11.4 Å². The summed E-state index contributed by atoms with van der Waals surface area (Å²) < 4.78 is 108. The molecule has 1 aliphatic rings. The molecule has 0 saturated heterocycles. The Hall–Kier alpha value is -2.68. The van der Waals surface area contributed by atoms with Crippen molar-refractivity contribution in [2.45, 2.75) is 43.6 Å². The van der Waals surface area contributed by atoms with Crippen LogP contribution in [0.1, 0.15) is 45.0 Å². The fourth-order valence-corrected chi connectivity index (χ4v) is 4.69. The number of nitrogens with one attached hydrogen (secondary N) is 2. The van der Waals surface area contributed by atoms with Gasteiger partial charge < -0.3 is 5.32 Å². The van der Waals surface area contributed by atoms with E-state index in [4.69, 9.17) is 11.6 Å². The van der Waals surface area contributed by atoms with Crippen molar-refractivity contribution >= 4 is 28.8 Å². The number of alkyl halides is 8. The van der Waals surface area contributed by atoms with Gasteiger partial charge in [0, 0.05) is 30.1 Å². The Kier molecular flexibility index (Phi) is 6.15. The minimum atomic E-state index is -6.29. The highest BCUT2D eigenvalue weighted by atomic mass is 35.5. The molecule has 0 unspecified atom stereocenters. The summed E-state index contributed by atoms with van der Waals surface area (Å²) in [5.74, 6) is -6.22. The van der Waals surface area contributed by atoms with Gasteiger partial charge in [-0.15, -0.1) is 11.3 Å². The van der Waals surface area contributed by atoms with E-state index in [1.54, 1.807) is 0 Å². The summed E-state index contributed by atoms with van der Waals surface area (Å²) in [5, 5.41) is 11.7. The summed E-state index contributed by atoms with van der Waals surface area (Å²) in [6, 6.07) is 2.66. The molecule has 190 valence electrons. The molecule has 2 N–H and O–H groups in total. The third-order valence-electron chi connectivity index (χ3n) is 5.12. The molecular weight excluding hydrogens is 534 g/mol. The number of hydrogen-bond acceptors (Lipinski definition) is 4. The number of halogens is 9. The van der Waals surface area contributed by atoms with Crippen LogP contribution >= 0.6 is 22.9 Å². The molecule has 6 nitrogen and oxygen atoms in total. The predicted molar refractivity (Wildman–Crippen MR) is 108 cm³/mol. The van der Waals surface area contributed by atoms with Gasteiger partial charge in [-0.2, -0.15) is 45.3 Å². The number of aromatic nitrogens is 4. The average molecular weight is 548 g/mol. The van der Waals surface area contributed by atoms with Crippen molar-refractivity contribution in [1.29, 1.82) is 0 Å². The van der Waals surface area contributed by atoms with Gasteiger partial charge in [-0.3, -0.25) is 14.6 Å². The molecule has 35 heavy (non-hydrogen) atoms. The highest BCUT2D eigenvalue weighted by molar-refractivity contribution is 7.16. The molecule has 4 rings (SSSR count). The molecule has 3 heterocycles. The SMILES string of the molecule is Cn1nc(C(F)(F)C(F)(F)F)c(C(F)(F)F)c1-c1cc(Cc2cc(C(=O)NC3CC3)c(Cl)s2)[nH]n1. The number of nitrogens with zero attached hydrogens (tertiary/aromatic N) is 3. The fraction of sp³-hybridized carbons (Fsp3) is 0.421. The smallest absolute Gasteiger partial charge is 0.349 e. The largest absolute Gasteiger partial charge is 0.459 e. The normalized spacial score (nSPS) is 15.0. The van der Waals surface area contributed by atoms with Gasteiger partial charge in [0.25, 0.3) is 5.91 Å². The molecule has 0 spiro atoms. The number of H-pyrrole nitrogens is 1. The van der Waals surface area contributed by atoms with Gasteiger partial charge in [0.2, 0.25) is 0 Å². The minimum Gasteiger partial charge on any atom is -0.349 e. The Balaban J connectivity index is 1.67. The number of hydrogen-bond donors (Lipinski definition) is 2. The maximum atomic E-state index is 13.9. The Bertz CT molecular complexity index is 1270. The van der Waals surface area contributed by atoms with Crippen LogP contribution in [0.3, 0.4) is 0 Å². The van der Waals surface area contributed by atoms with Crippen LogP contribution in [-0.4, -0.2) is 38.1 Å². The second kappa shape index (κ2) is 8.47. The molecule has 0 radical (unpaired) electrons. The van der Waals surface area contributed by atoms with Gasteiger partial charge >= 0.3 is 18.3 Å². The lowest BCUT2D eigenvalue weighted by atomic mass is 10.0. The highest BCUT2D eigenvalue weighted by Crippen LogP contribution is 2.50. The van der Waals surface area contributed by atoms with Crippen LogP contribution in [0.15, 0.2) is 12.1 Å². The number of carbonyl (C=O) groups is 1. The zero-order chi connectivity index (χ0) is 25.9. The summed E-state index contributed by atoms with van der Waals surface area (Å²) in [6.45, 7) is 0. The molecule has 3 aromatic rings. The van der Waals surface area contributed by atoms with Gasteiger partial charge in [-0.25, -0.2) is 0 Å². The number of carbonyl (C=O) groups excluding carboxylic acids is 1. The lowest BCUT2D eigenvalue weighted by Crippen LogP contribution is -2.36. The van der Waals surface area contributed by atoms with Crippen molar-refractivity contribution in [2.75, 3.05) is 0 Å². The first-order chi connectivity index (χ1) is 16.1. The zero-order valence-corrected chi connectivity index (χ0v) is 19.0. The van der Waals surface area contributed by atoms with E-state index >= 15 is 0 Å². The van der Waals surface area contributed by atoms with Crippen LogP contribution in [0.2, 0.25) is 4.34 Å². The second-order valence-electron chi connectivity index (χ2n) is 7.87. The molecule has 0 bridgehead atoms. The lowest BCUT2D eigenvalue weighted by Gasteiger charge is -2.19. The van der Waals surface area contributed by atoms with Crippen molar-refractivity contribution in [3.05, 3.63) is 43.9 Å². The topological polar surface area (TPSA) is 75.6 Å². The van der Waals surface area contributed by atoms with E-state index in [9.17, 15) is 39.9 Å². The molecule has 1 aliphatic carbocycles. The summed E-state index contributed by atoms with van der Waals surface area (Å²) in [6.07, 6.45) is -10.1. The molecule has 0 aliphatic heterocycles. The van der Waals surface area contributed by atoms with Crippen LogP contribution in [0, 0.1) is 0 Å². The van der Waals surface area contributed by atoms with Gasteiger partial charge in [0.05, 0.1) is 5.56 Å². The quantitative estimate of drug-likeness (QED) is 0.390. The molecule has 0 atom stereocenters. The van der Waals surface area contributed by atoms with E-state index in [1.807, 2.05) is 0 Å². The number of rotatable bonds is 6. The predicted octanol–water partition coefficient (Wildman–Crippen LogP) is 5.68. The van der Waals surface area contributed by atoms with Crippen molar-refractivity contribution in [3.63, 3.8) is 0 Å². The van der Waals surface area contributed by atoms with Crippen molar-refractivity contribution < 1.29 is 39.9 Å². The Morgan fingerprint density at radius 3 is 2.43 bits per heavy atom. The van der Waals surface area contributed by atoms with E-state index in [0.717, 1.165) is 37.3 Å². The molecule has 0 aromatic carbocycles. The van der Waals surface area contributed by atoms with Gasteiger partial charge in [-0.1, -0.05) is 11.6 Å². The van der Waals surface area contributed by atoms with E-state index in [-0.39, 0.29) is 38.6 Å². The zero-order valence-electron chi connectivity index (χ0n) is 17.4. The summed E-state index contributed by atoms with van der Waals surface area (Å²) >= 11 is 7.16. The molecule has 1 saturated carbocycles. The Labute approximate surface area is 200 Å². The first-order valence-corrected chi connectivity index (χ1v) is 11.0. The van der Waals surface area contributed by atoms with E-state index in [1.165, 1.54) is 6.07 Å². The van der Waals surface area contributed by atoms with Gasteiger partial charge in [0.1, 0.15) is 21.3 Å². The standard InChI is InChI=1S/C19H14ClF8N5OS/c1-33-13(12(18(23,24)25)14(32-33)17(21,22)19(26,27)28)11-5-8(30-31-11)4-9-6-10(15(20)35-9)16(34)29-7-2-3-7/h5-7H,2-4H2,1H3,(H,29,34)(H,30,31). The van der Waals surface area contributed by atoms with E-state index < -0.39 is 40.9 Å². The number of aryl methyl sites for hydroxylation is 1. The van der Waals surface area contributed by atoms with Crippen LogP contribution in [-0.2, 0) is 25.6 Å². The third kappa shape index (κ3) is 4.87. The highest BCUT2D eigenvalue weighted by Gasteiger charge is 2.64. The van der Waals surface area contributed by atoms with E-state index in [2.05, 4.69) is 20.6 Å². The number of aromatic amines is 1. The Morgan fingerprint density at radius 2 is 1.86 bits per heavy atom. The van der Waals surface area contributed by atoms with Gasteiger partial charge in [-0.05, 0) is 25.0 Å². The van der Waals surface area contributed by atoms with Crippen LogP contribution in [0.25, 0.3) is 11.4 Å². The molecular formula is C19H14ClF8N5OS. The maximum absolute atomic E-state index is 13.9. The summed E-state index contributed by atoms with van der Waals surface area (Å²) in [7, 11) is 0.804. The fourth-order valence-electron chi connectivity index (χ4n) is 3.35. The lowest BCUT2D eigenvalue weighted by molar-refractivity contribution is -0.292. The first kappa shape index (κ1) is 25.4. The van der Waals surface area contributed by atoms with Crippen LogP contribution < -0.4 is 5.32 Å². The van der Waals surface area contributed by atoms with Crippen LogP contribution in [0.5, 0.6) is 0 Å². The Morgan fingerprint density at radius 1 is 1.20 bits per heavy atom. The monoisotopic (exact) mass is 547 g/mol. The first-order valence-electron chi connectivity index (χ1n) is 9.82. The molecule has 3 aromatic heterocycles. The van der Waals surface area contributed by atoms with Crippen molar-refractivity contribution in [2.24, 2.45) is 7.05 Å². The molecule has 16 heteroatoms. The number of amides is 1. The van der Waals surface area contributed by atoms with Gasteiger partial charge in [0.15, 0.2) is 5.69 Å². The minimum absolute atomic E-state index is 0.0267. The maximum Gasteiger partial charge on any atom is 0.459 e. The van der Waals surface area contributed by atoms with Crippen LogP contribution in [0.4, 0.5) is 35.1 Å². The van der Waals surface area contributed by atoms with Crippen molar-refractivity contribution in [1.82, 2.24) is 25.3 Å². The second-order valence-corrected chi connectivity index (χ2v) is 9.61. The summed E-state index contributed by atoms with van der Waals surface area (Å²) in [4.78, 5) is 12.8. The molecule has 1 fully saturated rings. The average Bonchev–Trinajstić information content (AvgIpc) is 3.11. The third-order valence-corrected chi connectivity index (χ3v) is 6.48. The number of thiophene rings is 1. The summed E-state index contributed by atoms with van der Waals surface area (Å²) in [5.41, 5.74) is -5.88. The van der Waals surface area contributed by atoms with E-state index in [0.29, 0.717) is 4.88 Å². The molecule has 1 amide bonds.